The molecule has 10 heterocycles. The molecule has 0 spiro atoms. The summed E-state index contributed by atoms with van der Waals surface area (Å²) in [6, 6.07) is 0. The van der Waals surface area contributed by atoms with Gasteiger partial charge in [-0.2, -0.15) is 0 Å². The number of hydrogen-bond donors (Lipinski definition) is 15. The summed E-state index contributed by atoms with van der Waals surface area (Å²) in [7, 11) is 0. The highest BCUT2D eigenvalue weighted by Crippen LogP contribution is 2.50. The Hall–Kier alpha value is -5.35. The second-order valence-corrected chi connectivity index (χ2v) is 56.4. The highest BCUT2D eigenvalue weighted by molar-refractivity contribution is 7.73. The van der Waals surface area contributed by atoms with Gasteiger partial charge in [0.25, 0.3) is 0 Å². The molecule has 5 saturated heterocycles. The zero-order valence-electron chi connectivity index (χ0n) is 69.5. The van der Waals surface area contributed by atoms with Crippen molar-refractivity contribution in [1.29, 1.82) is 0 Å². The number of amidine groups is 5. The van der Waals surface area contributed by atoms with E-state index < -0.39 is 155 Å². The molecule has 0 aromatic rings. The fraction of sp³-hybridized carbons (Fsp3) is 0.615. The minimum atomic E-state index is -1.43. The van der Waals surface area contributed by atoms with Crippen LogP contribution in [0.1, 0.15) is 86.5 Å². The van der Waals surface area contributed by atoms with Crippen LogP contribution in [0, 0.1) is 0 Å². The predicted molar refractivity (Wildman–Crippen MR) is 476 cm³/mol. The molecule has 0 amide bonds. The molecule has 10 rings (SSSR count). The van der Waals surface area contributed by atoms with Gasteiger partial charge in [0.05, 0.1) is 29.0 Å². The molecule has 638 valence electrons. The van der Waals surface area contributed by atoms with Gasteiger partial charge in [0.2, 0.25) is 0 Å². The predicted octanol–water partition coefficient (Wildman–Crippen LogP) is 4.07. The van der Waals surface area contributed by atoms with E-state index >= 15 is 0 Å². The van der Waals surface area contributed by atoms with Crippen LogP contribution < -0.4 is 28.7 Å². The third-order valence-electron chi connectivity index (χ3n) is 21.4. The topological polar surface area (TPSA) is 457 Å². The molecule has 20 N–H and O–H groups in total. The molecule has 0 saturated carbocycles. The third-order valence-corrected chi connectivity index (χ3v) is 28.6. The van der Waals surface area contributed by atoms with E-state index in [1.54, 1.807) is 93.7 Å². The van der Waals surface area contributed by atoms with Crippen LogP contribution in [0.15, 0.2) is 148 Å². The first-order chi connectivity index (χ1) is 51.7. The molecule has 10 aliphatic rings. The lowest BCUT2D eigenvalue weighted by molar-refractivity contribution is -0.116. The molecule has 10 aliphatic heterocycles. The van der Waals surface area contributed by atoms with Gasteiger partial charge in [-0.25, -0.2) is 25.0 Å². The van der Waals surface area contributed by atoms with Gasteiger partial charge in [-0.05, 0) is 194 Å². The first kappa shape index (κ1) is 96.5. The zero-order valence-corrected chi connectivity index (χ0v) is 74.0. The molecule has 0 aromatic carbocycles. The Kier molecular flexibility index (Phi) is 31.8. The summed E-state index contributed by atoms with van der Waals surface area (Å²) in [4.78, 5) is 28.6. The van der Waals surface area contributed by atoms with Crippen LogP contribution in [0.4, 0.5) is 0 Å². The van der Waals surface area contributed by atoms with Crippen molar-refractivity contribution in [3.8, 4) is 0 Å². The fourth-order valence-corrected chi connectivity index (χ4v) is 18.9. The van der Waals surface area contributed by atoms with E-state index in [1.165, 1.54) is 0 Å². The fourth-order valence-electron chi connectivity index (χ4n) is 13.9. The maximum absolute atomic E-state index is 10.7. The summed E-state index contributed by atoms with van der Waals surface area (Å²) in [6.07, 6.45) is 32.2. The first-order valence-corrected chi connectivity index (χ1v) is 53.0. The molecule has 30 nitrogen and oxygen atoms in total. The molecule has 0 bridgehead atoms. The van der Waals surface area contributed by atoms with Crippen molar-refractivity contribution in [2.24, 2.45) is 53.6 Å². The quantitative estimate of drug-likeness (QED) is 0.0679. The van der Waals surface area contributed by atoms with Gasteiger partial charge < -0.3 is 128 Å². The van der Waals surface area contributed by atoms with Crippen LogP contribution in [0.3, 0.4) is 0 Å². The van der Waals surface area contributed by atoms with Crippen molar-refractivity contribution in [3.63, 3.8) is 0 Å². The molecule has 5 unspecified atom stereocenters. The monoisotopic (exact) mass is 1680 g/mol. The van der Waals surface area contributed by atoms with Crippen LogP contribution in [0.2, 0.25) is 0 Å². The van der Waals surface area contributed by atoms with Gasteiger partial charge in [-0.3, -0.25) is 0 Å². The van der Waals surface area contributed by atoms with Crippen molar-refractivity contribution >= 4 is 95.1 Å². The second-order valence-electron chi connectivity index (χ2n) is 34.8. The highest BCUT2D eigenvalue weighted by atomic mass is 31.2. The number of aliphatic imine (C=N–C) groups is 5. The van der Waals surface area contributed by atoms with Gasteiger partial charge >= 0.3 is 0 Å². The molecule has 5 fully saturated rings. The number of nitrogens with zero attached hydrogens (tertiary/aromatic N) is 10. The molecular weight excluding hydrogens is 1540 g/mol. The van der Waals surface area contributed by atoms with Crippen molar-refractivity contribution in [2.75, 3.05) is 97.5 Å². The Labute approximate surface area is 671 Å². The first-order valence-electron chi connectivity index (χ1n) is 37.8. The lowest BCUT2D eigenvalue weighted by atomic mass is 9.89. The second kappa shape index (κ2) is 37.3. The largest absolute Gasteiger partial charge is 0.387 e. The normalized spacial score (nSPS) is 35.3. The van der Waals surface area contributed by atoms with Crippen molar-refractivity contribution in [3.05, 3.63) is 123 Å². The summed E-state index contributed by atoms with van der Waals surface area (Å²) >= 11 is 0. The number of ether oxygens (including phenoxy) is 5. The summed E-state index contributed by atoms with van der Waals surface area (Å²) in [6.45, 7) is 45.1. The van der Waals surface area contributed by atoms with Crippen LogP contribution in [-0.2, 0) is 23.7 Å². The van der Waals surface area contributed by atoms with E-state index in [4.69, 9.17) is 52.4 Å². The van der Waals surface area contributed by atoms with Crippen molar-refractivity contribution in [2.45, 2.75) is 207 Å². The van der Waals surface area contributed by atoms with Gasteiger partial charge in [-0.15, -0.1) is 65.9 Å². The Morgan fingerprint density at radius 2 is 0.690 bits per heavy atom. The average Bonchev–Trinajstić information content (AvgIpc) is 1.64. The van der Waals surface area contributed by atoms with Gasteiger partial charge in [0, 0.05) is 36.6 Å². The molecule has 35 heteroatoms. The van der Waals surface area contributed by atoms with Crippen LogP contribution in [-0.4, -0.2) is 354 Å². The number of aliphatic hydroxyl groups excluding tert-OH is 8. The lowest BCUT2D eigenvalue weighted by Crippen LogP contribution is -2.51. The number of hydrogen-bond acceptors (Lipinski definition) is 30. The van der Waals surface area contributed by atoms with Crippen LogP contribution in [0.5, 0.6) is 0 Å². The summed E-state index contributed by atoms with van der Waals surface area (Å²) in [5, 5.41) is 105. The number of nitrogens with two attached hydrogens (primary N) is 5. The van der Waals surface area contributed by atoms with E-state index in [9.17, 15) is 51.1 Å². The number of aliphatic hydroxyl groups is 10. The molecule has 0 aromatic heterocycles. The minimum Gasteiger partial charge on any atom is -0.387 e. The van der Waals surface area contributed by atoms with Gasteiger partial charge in [0.1, 0.15) is 118 Å². The van der Waals surface area contributed by atoms with E-state index in [0.717, 1.165) is 36.4 Å². The Morgan fingerprint density at radius 1 is 0.407 bits per heavy atom. The summed E-state index contributed by atoms with van der Waals surface area (Å²) in [5.74, 6) is 3.71. The van der Waals surface area contributed by atoms with Gasteiger partial charge in [0.15, 0.2) is 31.1 Å². The average molecular weight is 1680 g/mol. The highest BCUT2D eigenvalue weighted by Gasteiger charge is 2.59. The Bertz CT molecular complexity index is 3990. The molecule has 0 radical (unpaired) electrons. The SMILES string of the molecule is C=C1N=C(N)C(C)=CN1C1O[C@](CC)(CCP(=C)(C)C)[C@@H](O)[C@H]1O.C=C1N=C(N)C=CN1C1O[C@H](CCP(=C)(C)C)[C@@H](O)[C@@]1(C)O.C=C1N=C(N)C=CN1C1O[C@H](CCP(=C)(C)C)[C@@H](O)[C@]1(C)O.C=C1N=C(N)C=CN1C1O[C@](C)(CCP(=C)(C)C)[C@@H](O)[C@H]1O.C=C1N=C(N)C=CN1C1O[C@](CC)(CCP(=C)(C)C)[C@@H](O)[C@H]1O. The van der Waals surface area contributed by atoms with E-state index in [-0.39, 0.29) is 0 Å². The molecule has 113 heavy (non-hydrogen) atoms. The Morgan fingerprint density at radius 3 is 1.00 bits per heavy atom. The van der Waals surface area contributed by atoms with Crippen LogP contribution in [0.25, 0.3) is 0 Å². The number of rotatable bonds is 22. The molecular formula is C78H136N15O15P5. The van der Waals surface area contributed by atoms with E-state index in [2.05, 4.69) is 156 Å². The minimum absolute atomic E-state index is 0.347. The van der Waals surface area contributed by atoms with Crippen LogP contribution >= 0.6 is 34.4 Å². The maximum Gasteiger partial charge on any atom is 0.166 e. The zero-order chi connectivity index (χ0) is 85.8. The smallest absolute Gasteiger partial charge is 0.166 e. The summed E-state index contributed by atoms with van der Waals surface area (Å²) in [5.41, 5.74) is 23.8. The molecule has 20 atom stereocenters. The van der Waals surface area contributed by atoms with E-state index in [1.807, 2.05) is 27.7 Å². The van der Waals surface area contributed by atoms with Crippen molar-refractivity contribution in [1.82, 2.24) is 24.5 Å². The van der Waals surface area contributed by atoms with E-state index in [0.29, 0.717) is 103 Å². The third kappa shape index (κ3) is 24.4. The lowest BCUT2D eigenvalue weighted by Gasteiger charge is -2.35. The molecule has 0 aliphatic carbocycles. The summed E-state index contributed by atoms with van der Waals surface area (Å²) < 4.78 is 30.2. The maximum atomic E-state index is 10.7. The van der Waals surface area contributed by atoms with Crippen molar-refractivity contribution < 1.29 is 74.7 Å². The standard InChI is InChI=1S/C17H30N3O3P.C16H28N3O3P.3C15H26N3O3P/c1-7-17(8-9-24(4,5)6)14(22)13(21)16(23-17)20-10-11(2)15(18)19-12(20)3;1-6-16(8-10-23(3,4)5)14(21)13(20)15(22-16)19-9-7-12(17)18-11(19)2;2*1-10-17-12(16)6-8-18(10)14-15(2,20)13(19)11(21-14)7-9-22(3,4)5;1-10-17-11(16)6-8-18(10)14-12(19)13(20)15(2,21-14)7-9-22(3,4)5/h10,13-14,16,21-22H,3-4,7-9H2,1-2,5-6H3,(H2,18,19);7,9,13-15,20-21H,2-3,6,8,10H2,1,4-5H3,(H2,17,18);2*6,8,11,13-14,19-20H,1,3,7,9H2,2,4-5H3,(H2,16,17);6,8,12-14,19-20H,1,3,7,9H2,2,4-5H3,(H2,16,17)/t13-,14+,16?,17-;13-,14+,15?,16-;11-,13-,14?,15+;11-,13-,14?,15-;12-,13+,14?,15-/m11111/s1. The van der Waals surface area contributed by atoms with Gasteiger partial charge in [-0.1, -0.05) is 46.7 Å². The Balaban J connectivity index is 0.000000220.